The van der Waals surface area contributed by atoms with Crippen molar-refractivity contribution in [3.05, 3.63) is 71.3 Å². The summed E-state index contributed by atoms with van der Waals surface area (Å²) in [6, 6.07) is 7.62. The highest BCUT2D eigenvalue weighted by Crippen LogP contribution is 2.33. The van der Waals surface area contributed by atoms with E-state index in [1.165, 1.54) is 16.8 Å². The predicted octanol–water partition coefficient (Wildman–Crippen LogP) is 3.99. The lowest BCUT2D eigenvalue weighted by Gasteiger charge is -2.30. The third-order valence-electron chi connectivity index (χ3n) is 5.48. The van der Waals surface area contributed by atoms with Crippen LogP contribution in [0.5, 0.6) is 0 Å². The van der Waals surface area contributed by atoms with Crippen LogP contribution in [0.2, 0.25) is 5.02 Å². The molecule has 1 atom stereocenters. The number of likely N-dealkylation sites (N-methyl/N-ethyl adjacent to an activating group) is 1. The Balaban J connectivity index is 1.64. The second-order valence-electron chi connectivity index (χ2n) is 7.67. The molecule has 0 amide bonds. The van der Waals surface area contributed by atoms with Crippen molar-refractivity contribution in [3.63, 3.8) is 0 Å². The first-order valence-electron chi connectivity index (χ1n) is 9.95. The number of pyridine rings is 1. The van der Waals surface area contributed by atoms with E-state index in [2.05, 4.69) is 15.0 Å². The second-order valence-corrected chi connectivity index (χ2v) is 8.11. The molecule has 6 nitrogen and oxygen atoms in total. The van der Waals surface area contributed by atoms with Crippen molar-refractivity contribution >= 4 is 17.2 Å². The van der Waals surface area contributed by atoms with E-state index >= 15 is 8.78 Å². The molecule has 1 unspecified atom stereocenters. The number of nitrogens with zero attached hydrogens (tertiary/aromatic N) is 5. The van der Waals surface area contributed by atoms with Crippen LogP contribution in [0.3, 0.4) is 0 Å². The number of morpholine rings is 1. The summed E-state index contributed by atoms with van der Waals surface area (Å²) in [6.07, 6.45) is 5.30. The Morgan fingerprint density at radius 1 is 1.19 bits per heavy atom. The maximum Gasteiger partial charge on any atom is 0.139 e. The van der Waals surface area contributed by atoms with Gasteiger partial charge in [0.15, 0.2) is 0 Å². The van der Waals surface area contributed by atoms with Crippen molar-refractivity contribution in [3.8, 4) is 16.9 Å². The maximum absolute atomic E-state index is 15.2. The fourth-order valence-corrected chi connectivity index (χ4v) is 4.17. The lowest BCUT2D eigenvalue weighted by atomic mass is 10.0. The topological polar surface area (TPSA) is 47.6 Å². The number of benzene rings is 1. The first kappa shape index (κ1) is 20.1. The van der Waals surface area contributed by atoms with Crippen LogP contribution in [0.4, 0.5) is 8.78 Å². The highest BCUT2D eigenvalue weighted by Gasteiger charge is 2.26. The van der Waals surface area contributed by atoms with Gasteiger partial charge in [-0.15, -0.1) is 0 Å². The van der Waals surface area contributed by atoms with E-state index in [0.29, 0.717) is 35.1 Å². The summed E-state index contributed by atoms with van der Waals surface area (Å²) in [5.74, 6) is -1.41. The molecule has 0 spiro atoms. The minimum atomic E-state index is -0.706. The molecule has 4 heterocycles. The van der Waals surface area contributed by atoms with Crippen LogP contribution >= 0.6 is 11.6 Å². The molecule has 1 saturated heterocycles. The van der Waals surface area contributed by atoms with Gasteiger partial charge in [-0.25, -0.2) is 18.4 Å². The second kappa shape index (κ2) is 8.03. The molecule has 0 radical (unpaired) electrons. The van der Waals surface area contributed by atoms with Gasteiger partial charge in [0.1, 0.15) is 17.3 Å². The number of rotatable bonds is 4. The molecule has 5 rings (SSSR count). The average molecular weight is 444 g/mol. The Labute approximate surface area is 182 Å². The lowest BCUT2D eigenvalue weighted by molar-refractivity contribution is -0.0190. The van der Waals surface area contributed by atoms with Gasteiger partial charge in [-0.1, -0.05) is 11.6 Å². The van der Waals surface area contributed by atoms with Crippen molar-refractivity contribution in [2.24, 2.45) is 0 Å². The van der Waals surface area contributed by atoms with Crippen molar-refractivity contribution in [1.82, 2.24) is 24.1 Å². The van der Waals surface area contributed by atoms with Crippen LogP contribution in [0.1, 0.15) is 5.69 Å². The smallest absolute Gasteiger partial charge is 0.139 e. The summed E-state index contributed by atoms with van der Waals surface area (Å²) in [5, 5.41) is 4.54. The van der Waals surface area contributed by atoms with Crippen molar-refractivity contribution in [2.75, 3.05) is 26.7 Å². The van der Waals surface area contributed by atoms with Gasteiger partial charge in [0, 0.05) is 61.3 Å². The summed E-state index contributed by atoms with van der Waals surface area (Å²) in [6.45, 7) is 2.19. The summed E-state index contributed by atoms with van der Waals surface area (Å²) < 4.78 is 39.6. The zero-order valence-electron chi connectivity index (χ0n) is 16.8. The Morgan fingerprint density at radius 3 is 2.71 bits per heavy atom. The van der Waals surface area contributed by atoms with E-state index in [0.717, 1.165) is 13.1 Å². The number of hydrogen-bond donors (Lipinski definition) is 0. The summed E-state index contributed by atoms with van der Waals surface area (Å²) in [5.41, 5.74) is 1.58. The van der Waals surface area contributed by atoms with Crippen LogP contribution in [0.25, 0.3) is 22.6 Å². The Kier molecular flexibility index (Phi) is 5.21. The number of imidazole rings is 1. The Bertz CT molecular complexity index is 1220. The van der Waals surface area contributed by atoms with Crippen LogP contribution < -0.4 is 0 Å². The van der Waals surface area contributed by atoms with Gasteiger partial charge in [-0.2, -0.15) is 5.10 Å². The number of fused-ring (bicyclic) bond motifs is 1. The minimum Gasteiger partial charge on any atom is -0.375 e. The molecule has 1 fully saturated rings. The lowest BCUT2D eigenvalue weighted by Crippen LogP contribution is -2.41. The first-order chi connectivity index (χ1) is 15.0. The van der Waals surface area contributed by atoms with Crippen LogP contribution in [0.15, 0.2) is 48.9 Å². The zero-order valence-corrected chi connectivity index (χ0v) is 17.6. The van der Waals surface area contributed by atoms with E-state index in [-0.39, 0.29) is 17.4 Å². The third-order valence-corrected chi connectivity index (χ3v) is 5.72. The fourth-order valence-electron chi connectivity index (χ4n) is 4.01. The number of aromatic nitrogens is 4. The quantitative estimate of drug-likeness (QED) is 0.478. The highest BCUT2D eigenvalue weighted by molar-refractivity contribution is 6.30. The summed E-state index contributed by atoms with van der Waals surface area (Å²) in [4.78, 5) is 6.72. The number of hydrogen-bond acceptors (Lipinski definition) is 4. The molecule has 31 heavy (non-hydrogen) atoms. The molecule has 0 aliphatic carbocycles. The Hall–Kier alpha value is -2.81. The third kappa shape index (κ3) is 3.82. The van der Waals surface area contributed by atoms with Crippen molar-refractivity contribution < 1.29 is 13.5 Å². The predicted molar refractivity (Wildman–Crippen MR) is 114 cm³/mol. The van der Waals surface area contributed by atoms with E-state index in [9.17, 15) is 0 Å². The molecule has 0 saturated carbocycles. The van der Waals surface area contributed by atoms with Crippen molar-refractivity contribution in [2.45, 2.75) is 12.5 Å². The summed E-state index contributed by atoms with van der Waals surface area (Å²) in [7, 11) is 2.03. The normalized spacial score (nSPS) is 17.5. The standard InChI is InChI=1S/C22H20ClF2N5O/c1-28-7-8-31-16(13-28)12-19-22(27-20-9-14(23)3-6-29(19)20)21-17(24)10-15(11-18(21)25)30-5-2-4-26-30/h2-6,9-11,16H,7-8,12-13H2,1H3. The van der Waals surface area contributed by atoms with E-state index in [1.807, 2.05) is 11.4 Å². The van der Waals surface area contributed by atoms with Crippen LogP contribution in [0, 0.1) is 11.6 Å². The van der Waals surface area contributed by atoms with E-state index in [4.69, 9.17) is 16.3 Å². The minimum absolute atomic E-state index is 0.109. The number of halogens is 3. The highest BCUT2D eigenvalue weighted by atomic mass is 35.5. The fraction of sp³-hybridized carbons (Fsp3) is 0.273. The van der Waals surface area contributed by atoms with Gasteiger partial charge in [-0.3, -0.25) is 0 Å². The van der Waals surface area contributed by atoms with Gasteiger partial charge < -0.3 is 14.0 Å². The molecule has 160 valence electrons. The first-order valence-corrected chi connectivity index (χ1v) is 10.3. The largest absolute Gasteiger partial charge is 0.375 e. The van der Waals surface area contributed by atoms with Crippen molar-refractivity contribution in [1.29, 1.82) is 0 Å². The molecule has 9 heteroatoms. The number of ether oxygens (including phenoxy) is 1. The molecule has 1 aliphatic heterocycles. The van der Waals surface area contributed by atoms with E-state index < -0.39 is 11.6 Å². The Morgan fingerprint density at radius 2 is 2.00 bits per heavy atom. The molecule has 3 aromatic heterocycles. The molecule has 0 bridgehead atoms. The molecular formula is C22H20ClF2N5O. The van der Waals surface area contributed by atoms with Crippen LogP contribution in [-0.4, -0.2) is 56.9 Å². The van der Waals surface area contributed by atoms with E-state index in [1.54, 1.807) is 36.8 Å². The molecule has 1 aromatic carbocycles. The molecule has 0 N–H and O–H groups in total. The zero-order chi connectivity index (χ0) is 21.5. The molecular weight excluding hydrogens is 424 g/mol. The van der Waals surface area contributed by atoms with Gasteiger partial charge in [-0.05, 0) is 19.2 Å². The maximum atomic E-state index is 15.2. The molecule has 1 aliphatic rings. The summed E-state index contributed by atoms with van der Waals surface area (Å²) >= 11 is 6.14. The van der Waals surface area contributed by atoms with Gasteiger partial charge in [0.25, 0.3) is 0 Å². The SMILES string of the molecule is CN1CCOC(Cc2c(-c3c(F)cc(-n4cccn4)cc3F)nc3cc(Cl)ccn23)C1. The average Bonchev–Trinajstić information content (AvgIpc) is 3.36. The van der Waals surface area contributed by atoms with Gasteiger partial charge in [0.2, 0.25) is 0 Å². The van der Waals surface area contributed by atoms with Gasteiger partial charge >= 0.3 is 0 Å². The van der Waals surface area contributed by atoms with Crippen LogP contribution in [-0.2, 0) is 11.2 Å². The molecule has 4 aromatic rings. The monoisotopic (exact) mass is 443 g/mol. The van der Waals surface area contributed by atoms with Gasteiger partial charge in [0.05, 0.1) is 35.3 Å².